The second-order valence-electron chi connectivity index (χ2n) is 12.2. The largest absolute Gasteiger partial charge is 0.494 e. The second-order valence-corrected chi connectivity index (χ2v) is 13.0. The fourth-order valence-electron chi connectivity index (χ4n) is 8.87. The molecule has 32 heavy (non-hydrogen) atoms. The van der Waals surface area contributed by atoms with Crippen molar-refractivity contribution in [1.82, 2.24) is 0 Å². The summed E-state index contributed by atoms with van der Waals surface area (Å²) in [5, 5.41) is 21.3. The van der Waals surface area contributed by atoms with Crippen molar-refractivity contribution >= 4 is 11.8 Å². The number of hydrogen-bond donors (Lipinski definition) is 1. The second kappa shape index (κ2) is 8.38. The van der Waals surface area contributed by atoms with Crippen LogP contribution in [0.5, 0.6) is 0 Å². The highest BCUT2D eigenvalue weighted by molar-refractivity contribution is 8.03. The predicted octanol–water partition coefficient (Wildman–Crippen LogP) is 6.84. The summed E-state index contributed by atoms with van der Waals surface area (Å²) in [4.78, 5) is 0. The van der Waals surface area contributed by atoms with Crippen LogP contribution in [0.25, 0.3) is 0 Å². The number of thioether (sulfide) groups is 1. The third-order valence-corrected chi connectivity index (χ3v) is 11.4. The van der Waals surface area contributed by atoms with E-state index < -0.39 is 0 Å². The molecule has 1 aliphatic heterocycles. The first kappa shape index (κ1) is 22.9. The Hall–Kier alpha value is -0.920. The summed E-state index contributed by atoms with van der Waals surface area (Å²) in [5.41, 5.74) is 3.79. The molecular weight excluding hydrogens is 414 g/mol. The first-order valence-corrected chi connectivity index (χ1v) is 14.0. The lowest BCUT2D eigenvalue weighted by atomic mass is 9.47. The molecule has 1 N–H and O–H groups in total. The number of allylic oxidation sites excluding steroid dienone is 2. The highest BCUT2D eigenvalue weighted by atomic mass is 32.2. The van der Waals surface area contributed by atoms with E-state index in [4.69, 9.17) is 10.00 Å². The molecule has 0 radical (unpaired) electrons. The number of ether oxygens (including phenoxy) is 1. The van der Waals surface area contributed by atoms with Crippen LogP contribution in [0.3, 0.4) is 0 Å². The number of rotatable bonds is 5. The highest BCUT2D eigenvalue weighted by Crippen LogP contribution is 2.68. The molecule has 0 bridgehead atoms. The molecule has 1 heterocycles. The average molecular weight is 456 g/mol. The molecule has 0 aromatic rings. The van der Waals surface area contributed by atoms with Crippen molar-refractivity contribution < 1.29 is 9.84 Å². The van der Waals surface area contributed by atoms with E-state index in [1.54, 1.807) is 5.57 Å². The molecule has 0 aromatic carbocycles. The first-order chi connectivity index (χ1) is 15.3. The molecule has 0 unspecified atom stereocenters. The first-order valence-electron chi connectivity index (χ1n) is 13.0. The maximum Gasteiger partial charge on any atom is 0.133 e. The minimum absolute atomic E-state index is 0.119. The van der Waals surface area contributed by atoms with E-state index in [-0.39, 0.29) is 6.10 Å². The van der Waals surface area contributed by atoms with Gasteiger partial charge < -0.3 is 9.84 Å². The summed E-state index contributed by atoms with van der Waals surface area (Å²) in [6, 6.07) is 0. The van der Waals surface area contributed by atoms with Gasteiger partial charge in [0.15, 0.2) is 0 Å². The molecule has 0 amide bonds. The predicted molar refractivity (Wildman–Crippen MR) is 131 cm³/mol. The Kier molecular flexibility index (Phi) is 5.99. The van der Waals surface area contributed by atoms with Gasteiger partial charge >= 0.3 is 0 Å². The average Bonchev–Trinajstić information content (AvgIpc) is 3.24. The zero-order valence-corrected chi connectivity index (χ0v) is 21.2. The van der Waals surface area contributed by atoms with Crippen LogP contribution in [0.1, 0.15) is 85.5 Å². The summed E-state index contributed by atoms with van der Waals surface area (Å²) in [7, 11) is 0. The van der Waals surface area contributed by atoms with Crippen LogP contribution in [0.2, 0.25) is 0 Å². The fraction of sp³-hybridized carbons (Fsp3) is 0.821. The lowest BCUT2D eigenvalue weighted by Crippen LogP contribution is -2.50. The van der Waals surface area contributed by atoms with E-state index in [1.807, 2.05) is 0 Å². The molecular formula is C28H41NO2S. The number of nitriles is 1. The maximum atomic E-state index is 10.3. The van der Waals surface area contributed by atoms with Gasteiger partial charge in [0.1, 0.15) is 11.5 Å². The van der Waals surface area contributed by atoms with Gasteiger partial charge in [-0.25, -0.2) is 0 Å². The third kappa shape index (κ3) is 3.49. The Morgan fingerprint density at radius 1 is 1.28 bits per heavy atom. The summed E-state index contributed by atoms with van der Waals surface area (Å²) >= 11 is 1.38. The Morgan fingerprint density at radius 2 is 2.09 bits per heavy atom. The van der Waals surface area contributed by atoms with Crippen LogP contribution in [0.15, 0.2) is 23.0 Å². The van der Waals surface area contributed by atoms with Crippen molar-refractivity contribution in [2.45, 2.75) is 97.7 Å². The normalized spacial score (nSPS) is 45.7. The minimum atomic E-state index is -0.119. The van der Waals surface area contributed by atoms with Gasteiger partial charge in [0, 0.05) is 18.1 Å². The van der Waals surface area contributed by atoms with Crippen molar-refractivity contribution in [3.05, 3.63) is 23.0 Å². The molecule has 0 spiro atoms. The minimum Gasteiger partial charge on any atom is -0.494 e. The summed E-state index contributed by atoms with van der Waals surface area (Å²) < 4.78 is 6.69. The standard InChI is InChI=1S/C28H41NO2S/c1-17(15-32-16-29)5-8-24-18(2)26-25(31-24)14-23-21-7-6-19-13-20(30)9-11-27(19,3)22(21)10-12-28(23,26)4/h6,17,20-23,25-26,30H,5,7-15H2,1-4H3/t17-,20+,21-,22+,23+,25+,26+,27+,28+/m1/s1. The van der Waals surface area contributed by atoms with Crippen LogP contribution in [-0.2, 0) is 4.74 Å². The molecule has 0 aromatic heterocycles. The zero-order chi connectivity index (χ0) is 22.7. The SMILES string of the molecule is CC1=C(CC[C@@H](C)CSC#N)O[C@H]2C[C@H]3[C@@H]4CC=C5C[C@@H](O)CC[C@]5(C)[C@H]4CC[C@]3(C)[C@@H]12. The van der Waals surface area contributed by atoms with Gasteiger partial charge in [-0.2, -0.15) is 5.26 Å². The van der Waals surface area contributed by atoms with Gasteiger partial charge in [0.25, 0.3) is 0 Å². The Labute approximate surface area is 199 Å². The lowest BCUT2D eigenvalue weighted by molar-refractivity contribution is -0.0454. The van der Waals surface area contributed by atoms with E-state index in [0.717, 1.165) is 49.2 Å². The highest BCUT2D eigenvalue weighted by Gasteiger charge is 2.63. The van der Waals surface area contributed by atoms with Crippen molar-refractivity contribution in [2.75, 3.05) is 5.75 Å². The molecule has 9 atom stereocenters. The smallest absolute Gasteiger partial charge is 0.133 e. The van der Waals surface area contributed by atoms with E-state index in [2.05, 4.69) is 39.2 Å². The molecule has 5 rings (SSSR count). The van der Waals surface area contributed by atoms with Crippen molar-refractivity contribution in [3.63, 3.8) is 0 Å². The van der Waals surface area contributed by atoms with Crippen molar-refractivity contribution in [1.29, 1.82) is 5.26 Å². The van der Waals surface area contributed by atoms with Gasteiger partial charge in [-0.05, 0) is 110 Å². The fourth-order valence-corrected chi connectivity index (χ4v) is 9.39. The number of hydrogen-bond acceptors (Lipinski definition) is 4. The van der Waals surface area contributed by atoms with Crippen LogP contribution >= 0.6 is 11.8 Å². The van der Waals surface area contributed by atoms with E-state index in [1.165, 1.54) is 55.2 Å². The summed E-state index contributed by atoms with van der Waals surface area (Å²) in [6.45, 7) is 9.72. The van der Waals surface area contributed by atoms with Gasteiger partial charge in [-0.1, -0.05) is 32.4 Å². The number of fused-ring (bicyclic) bond motifs is 7. The van der Waals surface area contributed by atoms with Gasteiger partial charge in [-0.15, -0.1) is 0 Å². The lowest BCUT2D eigenvalue weighted by Gasteiger charge is -2.57. The zero-order valence-electron chi connectivity index (χ0n) is 20.4. The molecule has 3 saturated carbocycles. The number of thiocyanates is 1. The molecule has 4 aliphatic carbocycles. The molecule has 3 nitrogen and oxygen atoms in total. The van der Waals surface area contributed by atoms with Crippen LogP contribution in [-0.4, -0.2) is 23.1 Å². The summed E-state index contributed by atoms with van der Waals surface area (Å²) in [5.74, 6) is 5.68. The van der Waals surface area contributed by atoms with Crippen LogP contribution in [0, 0.1) is 51.1 Å². The number of aliphatic hydroxyl groups excluding tert-OH is 1. The van der Waals surface area contributed by atoms with Crippen molar-refractivity contribution in [3.8, 4) is 5.40 Å². The summed E-state index contributed by atoms with van der Waals surface area (Å²) in [6.07, 6.45) is 13.1. The van der Waals surface area contributed by atoms with Crippen LogP contribution < -0.4 is 0 Å². The van der Waals surface area contributed by atoms with Gasteiger partial charge in [0.2, 0.25) is 0 Å². The third-order valence-electron chi connectivity index (χ3n) is 10.6. The molecule has 4 heteroatoms. The number of nitrogens with zero attached hydrogens (tertiary/aromatic N) is 1. The van der Waals surface area contributed by atoms with E-state index in [9.17, 15) is 5.11 Å². The van der Waals surface area contributed by atoms with Gasteiger partial charge in [0.05, 0.1) is 11.9 Å². The molecule has 0 saturated heterocycles. The molecule has 176 valence electrons. The Bertz CT molecular complexity index is 858. The molecule has 3 fully saturated rings. The van der Waals surface area contributed by atoms with E-state index >= 15 is 0 Å². The van der Waals surface area contributed by atoms with E-state index in [0.29, 0.717) is 28.8 Å². The van der Waals surface area contributed by atoms with Crippen molar-refractivity contribution in [2.24, 2.45) is 40.4 Å². The number of aliphatic hydroxyl groups is 1. The quantitative estimate of drug-likeness (QED) is 0.364. The van der Waals surface area contributed by atoms with Gasteiger partial charge in [-0.3, -0.25) is 0 Å². The topological polar surface area (TPSA) is 53.2 Å². The Morgan fingerprint density at radius 3 is 2.88 bits per heavy atom. The van der Waals surface area contributed by atoms with Crippen LogP contribution in [0.4, 0.5) is 0 Å². The molecule has 5 aliphatic rings. The Balaban J connectivity index is 1.33. The monoisotopic (exact) mass is 455 g/mol. The maximum absolute atomic E-state index is 10.3.